The van der Waals surface area contributed by atoms with E-state index in [1.165, 1.54) is 24.2 Å². The van der Waals surface area contributed by atoms with Crippen molar-refractivity contribution in [1.82, 2.24) is 30.1 Å². The topological polar surface area (TPSA) is 139 Å². The number of benzene rings is 1. The summed E-state index contributed by atoms with van der Waals surface area (Å²) < 4.78 is 7.95. The molecular formula is C27H32N6O5. The largest absolute Gasteiger partial charge is 0.494 e. The van der Waals surface area contributed by atoms with Crippen molar-refractivity contribution in [2.24, 2.45) is 0 Å². The van der Waals surface area contributed by atoms with Gasteiger partial charge >= 0.3 is 0 Å². The van der Waals surface area contributed by atoms with Gasteiger partial charge in [0.1, 0.15) is 17.6 Å². The molecule has 0 radical (unpaired) electrons. The van der Waals surface area contributed by atoms with Gasteiger partial charge < -0.3 is 29.9 Å². The molecule has 0 saturated carbocycles. The smallest absolute Gasteiger partial charge is 0.254 e. The highest BCUT2D eigenvalue weighted by atomic mass is 16.5. The molecule has 2 aromatic heterocycles. The molecule has 11 nitrogen and oxygen atoms in total. The van der Waals surface area contributed by atoms with Crippen molar-refractivity contribution in [3.05, 3.63) is 66.7 Å². The fraction of sp³-hybridized carbons (Fsp3) is 0.370. The van der Waals surface area contributed by atoms with Crippen LogP contribution in [0.5, 0.6) is 5.75 Å². The highest BCUT2D eigenvalue weighted by molar-refractivity contribution is 5.97. The number of imidazole rings is 1. The third-order valence-electron chi connectivity index (χ3n) is 6.15. The molecule has 11 heteroatoms. The van der Waals surface area contributed by atoms with Crippen molar-refractivity contribution in [2.75, 3.05) is 26.2 Å². The van der Waals surface area contributed by atoms with Crippen LogP contribution in [0.3, 0.4) is 0 Å². The Kier molecular flexibility index (Phi) is 9.04. The van der Waals surface area contributed by atoms with Gasteiger partial charge in [0.05, 0.1) is 19.3 Å². The number of aliphatic hydroxyl groups is 1. The Hall–Kier alpha value is -4.25. The number of nitrogens with zero attached hydrogens (tertiary/aromatic N) is 4. The summed E-state index contributed by atoms with van der Waals surface area (Å²) in [5, 5.41) is 15.5. The maximum absolute atomic E-state index is 13.2. The van der Waals surface area contributed by atoms with Crippen LogP contribution in [0.1, 0.15) is 30.1 Å². The van der Waals surface area contributed by atoms with Crippen molar-refractivity contribution in [2.45, 2.75) is 38.5 Å². The third kappa shape index (κ3) is 6.94. The Bertz CT molecular complexity index is 1250. The number of aryl methyl sites for hydroxylation is 1. The minimum atomic E-state index is -1.16. The summed E-state index contributed by atoms with van der Waals surface area (Å²) >= 11 is 0. The summed E-state index contributed by atoms with van der Waals surface area (Å²) in [6.07, 6.45) is 6.56. The molecule has 3 heterocycles. The Morgan fingerprint density at radius 1 is 1.13 bits per heavy atom. The number of ether oxygens (including phenoxy) is 1. The minimum absolute atomic E-state index is 0.240. The first-order valence-corrected chi connectivity index (χ1v) is 12.6. The van der Waals surface area contributed by atoms with E-state index in [0.717, 1.165) is 11.4 Å². The maximum atomic E-state index is 13.2. The molecule has 0 spiro atoms. The van der Waals surface area contributed by atoms with Gasteiger partial charge in [-0.15, -0.1) is 0 Å². The number of carbonyl (C=O) groups is 3. The minimum Gasteiger partial charge on any atom is -0.494 e. The van der Waals surface area contributed by atoms with Gasteiger partial charge in [-0.25, -0.2) is 4.98 Å². The molecule has 200 valence electrons. The van der Waals surface area contributed by atoms with E-state index in [2.05, 4.69) is 20.6 Å². The van der Waals surface area contributed by atoms with E-state index in [1.807, 2.05) is 35.0 Å². The first-order chi connectivity index (χ1) is 18.4. The van der Waals surface area contributed by atoms with E-state index in [-0.39, 0.29) is 19.0 Å². The first-order valence-electron chi connectivity index (χ1n) is 12.6. The van der Waals surface area contributed by atoms with E-state index in [9.17, 15) is 19.5 Å². The lowest BCUT2D eigenvalue weighted by Gasteiger charge is -2.25. The van der Waals surface area contributed by atoms with Crippen molar-refractivity contribution < 1.29 is 24.2 Å². The maximum Gasteiger partial charge on any atom is 0.254 e. The van der Waals surface area contributed by atoms with Crippen LogP contribution < -0.4 is 15.4 Å². The average molecular weight is 521 g/mol. The van der Waals surface area contributed by atoms with Crippen LogP contribution in [0, 0.1) is 0 Å². The van der Waals surface area contributed by atoms with Crippen LogP contribution in [0.25, 0.3) is 11.4 Å². The fourth-order valence-corrected chi connectivity index (χ4v) is 4.22. The Labute approximate surface area is 220 Å². The second-order valence-electron chi connectivity index (χ2n) is 9.07. The normalized spacial score (nSPS) is 18.5. The van der Waals surface area contributed by atoms with E-state index in [1.54, 1.807) is 18.3 Å². The van der Waals surface area contributed by atoms with Crippen molar-refractivity contribution >= 4 is 17.7 Å². The zero-order valence-corrected chi connectivity index (χ0v) is 21.2. The third-order valence-corrected chi connectivity index (χ3v) is 6.15. The van der Waals surface area contributed by atoms with Crippen LogP contribution in [0.2, 0.25) is 0 Å². The molecule has 3 aromatic rings. The van der Waals surface area contributed by atoms with E-state index in [4.69, 9.17) is 4.74 Å². The Morgan fingerprint density at radius 3 is 2.74 bits per heavy atom. The molecule has 3 N–H and O–H groups in total. The SMILES string of the molecule is C[C@@H](O)[C@@H]1NC(=O)CN(C(=O)c2ccncc2)CCCOc2cccc(c2)-c2nccn2CCCNC1=O. The number of nitrogens with one attached hydrogen (secondary N) is 2. The Balaban J connectivity index is 1.56. The van der Waals surface area contributed by atoms with Crippen LogP contribution in [-0.2, 0) is 16.1 Å². The number of hydrogen-bond acceptors (Lipinski definition) is 7. The molecule has 38 heavy (non-hydrogen) atoms. The second kappa shape index (κ2) is 12.8. The molecule has 0 fully saturated rings. The average Bonchev–Trinajstić information content (AvgIpc) is 3.39. The first kappa shape index (κ1) is 26.8. The lowest BCUT2D eigenvalue weighted by Crippen LogP contribution is -2.55. The number of aliphatic hydroxyl groups excluding tert-OH is 1. The number of amides is 3. The summed E-state index contributed by atoms with van der Waals surface area (Å²) in [6.45, 7) is 2.66. The number of rotatable bonds is 2. The van der Waals surface area contributed by atoms with Gasteiger partial charge in [-0.3, -0.25) is 19.4 Å². The van der Waals surface area contributed by atoms with Crippen molar-refractivity contribution in [1.29, 1.82) is 0 Å². The Morgan fingerprint density at radius 2 is 1.95 bits per heavy atom. The number of pyridine rings is 1. The van der Waals surface area contributed by atoms with Crippen LogP contribution in [0.4, 0.5) is 0 Å². The van der Waals surface area contributed by atoms with E-state index < -0.39 is 24.0 Å². The molecule has 0 unspecified atom stereocenters. The summed E-state index contributed by atoms with van der Waals surface area (Å²) in [7, 11) is 0. The molecule has 0 aliphatic carbocycles. The molecule has 3 amide bonds. The number of aromatic nitrogens is 3. The van der Waals surface area contributed by atoms with Crippen LogP contribution >= 0.6 is 0 Å². The molecule has 2 atom stereocenters. The molecule has 1 aromatic carbocycles. The highest BCUT2D eigenvalue weighted by Crippen LogP contribution is 2.23. The van der Waals surface area contributed by atoms with Gasteiger partial charge in [0.25, 0.3) is 5.91 Å². The number of fused-ring (bicyclic) bond motifs is 4. The monoisotopic (exact) mass is 520 g/mol. The zero-order chi connectivity index (χ0) is 26.9. The molecule has 1 aliphatic rings. The summed E-state index contributed by atoms with van der Waals surface area (Å²) in [5.41, 5.74) is 1.29. The predicted octanol–water partition coefficient (Wildman–Crippen LogP) is 1.24. The molecule has 2 bridgehead atoms. The predicted molar refractivity (Wildman–Crippen MR) is 139 cm³/mol. The van der Waals surface area contributed by atoms with Crippen LogP contribution in [0.15, 0.2) is 61.2 Å². The van der Waals surface area contributed by atoms with Crippen molar-refractivity contribution in [3.63, 3.8) is 0 Å². The van der Waals surface area contributed by atoms with Gasteiger partial charge in [-0.05, 0) is 44.0 Å². The lowest BCUT2D eigenvalue weighted by molar-refractivity contribution is -0.131. The van der Waals surface area contributed by atoms with Gasteiger partial charge in [0, 0.05) is 55.5 Å². The summed E-state index contributed by atoms with van der Waals surface area (Å²) in [6, 6.07) is 9.62. The number of carbonyl (C=O) groups excluding carboxylic acids is 3. The summed E-state index contributed by atoms with van der Waals surface area (Å²) in [4.78, 5) is 48.7. The van der Waals surface area contributed by atoms with Crippen molar-refractivity contribution in [3.8, 4) is 17.1 Å². The zero-order valence-electron chi connectivity index (χ0n) is 21.2. The molecule has 4 rings (SSSR count). The summed E-state index contributed by atoms with van der Waals surface area (Å²) in [5.74, 6) is 0.0586. The molecular weight excluding hydrogens is 488 g/mol. The molecule has 0 saturated heterocycles. The van der Waals surface area contributed by atoms with Gasteiger partial charge in [0.2, 0.25) is 11.8 Å². The van der Waals surface area contributed by atoms with Gasteiger partial charge in [-0.1, -0.05) is 12.1 Å². The van der Waals surface area contributed by atoms with Gasteiger partial charge in [0.15, 0.2) is 0 Å². The van der Waals surface area contributed by atoms with E-state index >= 15 is 0 Å². The second-order valence-corrected chi connectivity index (χ2v) is 9.07. The van der Waals surface area contributed by atoms with E-state index in [0.29, 0.717) is 43.9 Å². The lowest BCUT2D eigenvalue weighted by atomic mass is 10.1. The standard InChI is InChI=1S/C27H32N6O5/c1-19(34)24-26(36)30-9-3-13-32-15-12-29-25(32)21-5-2-6-22(17-21)38-16-4-14-33(18-23(35)31-24)27(37)20-7-10-28-11-8-20/h2,5-8,10-12,15,17,19,24,34H,3-4,9,13-14,16,18H2,1H3,(H,30,36)(H,31,35)/t19-,24+/m1/s1. The van der Waals surface area contributed by atoms with Gasteiger partial charge in [-0.2, -0.15) is 0 Å². The molecule has 1 aliphatic heterocycles. The quantitative estimate of drug-likeness (QED) is 0.462. The van der Waals surface area contributed by atoms with Crippen LogP contribution in [-0.4, -0.2) is 80.6 Å². The number of hydrogen-bond donors (Lipinski definition) is 3. The highest BCUT2D eigenvalue weighted by Gasteiger charge is 2.27. The fourth-order valence-electron chi connectivity index (χ4n) is 4.22.